The summed E-state index contributed by atoms with van der Waals surface area (Å²) in [6, 6.07) is 12.8. The lowest BCUT2D eigenvalue weighted by molar-refractivity contribution is -0.137. The van der Waals surface area contributed by atoms with E-state index in [1.54, 1.807) is 36.4 Å². The lowest BCUT2D eigenvalue weighted by atomic mass is 10.1. The normalized spacial score (nSPS) is 11.5. The minimum Gasteiger partial charge on any atom is -0.493 e. The molecular weight excluding hydrogens is 514 g/mol. The van der Waals surface area contributed by atoms with Gasteiger partial charge in [0.05, 0.1) is 23.4 Å². The zero-order valence-corrected chi connectivity index (χ0v) is 19.8. The summed E-state index contributed by atoms with van der Waals surface area (Å²) in [7, 11) is 1.46. The molecule has 0 aromatic heterocycles. The van der Waals surface area contributed by atoms with E-state index in [9.17, 15) is 18.0 Å². The number of hydrogen-bond acceptors (Lipinski definition) is 3. The predicted octanol–water partition coefficient (Wildman–Crippen LogP) is 7.91. The molecule has 34 heavy (non-hydrogen) atoms. The number of ether oxygens (including phenoxy) is 2. The maximum absolute atomic E-state index is 12.9. The molecule has 1 N–H and O–H groups in total. The number of carbonyl (C=O) groups excluding carboxylic acids is 1. The van der Waals surface area contributed by atoms with Crippen molar-refractivity contribution in [3.8, 4) is 11.5 Å². The number of alkyl halides is 3. The molecule has 0 spiro atoms. The number of amides is 1. The van der Waals surface area contributed by atoms with E-state index >= 15 is 0 Å². The molecule has 10 heteroatoms. The van der Waals surface area contributed by atoms with Gasteiger partial charge in [-0.2, -0.15) is 13.2 Å². The van der Waals surface area contributed by atoms with Crippen LogP contribution in [0, 0.1) is 0 Å². The lowest BCUT2D eigenvalue weighted by Gasteiger charge is -2.13. The Hall–Kier alpha value is -2.87. The van der Waals surface area contributed by atoms with Crippen molar-refractivity contribution >= 4 is 52.5 Å². The van der Waals surface area contributed by atoms with Crippen LogP contribution in [0.25, 0.3) is 6.08 Å². The predicted molar refractivity (Wildman–Crippen MR) is 128 cm³/mol. The van der Waals surface area contributed by atoms with Crippen LogP contribution in [0.15, 0.2) is 60.7 Å². The molecule has 0 atom stereocenters. The molecule has 0 saturated heterocycles. The SMILES string of the molecule is COc1cc(/C=C/C(=O)Nc2cc(C(F)(F)F)ccc2Cl)ccc1OCc1c(Cl)cccc1Cl. The van der Waals surface area contributed by atoms with Crippen molar-refractivity contribution in [2.45, 2.75) is 12.8 Å². The van der Waals surface area contributed by atoms with Gasteiger partial charge < -0.3 is 14.8 Å². The molecule has 0 unspecified atom stereocenters. The summed E-state index contributed by atoms with van der Waals surface area (Å²) >= 11 is 18.2. The second-order valence-electron chi connectivity index (χ2n) is 6.91. The summed E-state index contributed by atoms with van der Waals surface area (Å²) in [6.45, 7) is 0.115. The standard InChI is InChI=1S/C24H17Cl3F3NO3/c1-33-22-11-14(5-9-21(22)34-13-16-17(25)3-2-4-18(16)26)6-10-23(32)31-20-12-15(24(28,29)30)7-8-19(20)27/h2-12H,13H2,1H3,(H,31,32)/b10-6+. The van der Waals surface area contributed by atoms with Gasteiger partial charge in [0.25, 0.3) is 0 Å². The van der Waals surface area contributed by atoms with E-state index in [1.807, 2.05) is 0 Å². The zero-order valence-electron chi connectivity index (χ0n) is 17.6. The van der Waals surface area contributed by atoms with E-state index in [4.69, 9.17) is 44.3 Å². The van der Waals surface area contributed by atoms with Gasteiger partial charge in [-0.3, -0.25) is 4.79 Å². The van der Waals surface area contributed by atoms with Crippen molar-refractivity contribution in [2.24, 2.45) is 0 Å². The van der Waals surface area contributed by atoms with Gasteiger partial charge in [0, 0.05) is 21.7 Å². The van der Waals surface area contributed by atoms with E-state index in [0.29, 0.717) is 32.7 Å². The third kappa shape index (κ3) is 6.59. The number of anilines is 1. The van der Waals surface area contributed by atoms with Crippen LogP contribution in [0.3, 0.4) is 0 Å². The monoisotopic (exact) mass is 529 g/mol. The number of benzene rings is 3. The topological polar surface area (TPSA) is 47.6 Å². The van der Waals surface area contributed by atoms with Crippen LogP contribution >= 0.6 is 34.8 Å². The van der Waals surface area contributed by atoms with Crippen LogP contribution in [0.2, 0.25) is 15.1 Å². The third-order valence-electron chi connectivity index (χ3n) is 4.60. The second-order valence-corrected chi connectivity index (χ2v) is 8.14. The van der Waals surface area contributed by atoms with Crippen LogP contribution in [0.5, 0.6) is 11.5 Å². The molecule has 0 heterocycles. The van der Waals surface area contributed by atoms with Crippen LogP contribution in [0.4, 0.5) is 18.9 Å². The zero-order chi connectivity index (χ0) is 24.9. The number of methoxy groups -OCH3 is 1. The molecular formula is C24H17Cl3F3NO3. The quantitative estimate of drug-likeness (QED) is 0.316. The molecule has 0 bridgehead atoms. The largest absolute Gasteiger partial charge is 0.493 e. The fourth-order valence-corrected chi connectivity index (χ4v) is 3.54. The Morgan fingerprint density at radius 2 is 1.68 bits per heavy atom. The fourth-order valence-electron chi connectivity index (χ4n) is 2.87. The van der Waals surface area contributed by atoms with E-state index in [1.165, 1.54) is 13.2 Å². The van der Waals surface area contributed by atoms with Crippen molar-refractivity contribution in [3.63, 3.8) is 0 Å². The van der Waals surface area contributed by atoms with Gasteiger partial charge in [-0.05, 0) is 54.1 Å². The first-order valence-corrected chi connectivity index (χ1v) is 10.8. The molecule has 0 saturated carbocycles. The Morgan fingerprint density at radius 3 is 2.32 bits per heavy atom. The van der Waals surface area contributed by atoms with Gasteiger partial charge in [-0.25, -0.2) is 0 Å². The Balaban J connectivity index is 1.70. The Bertz CT molecular complexity index is 1210. The minimum atomic E-state index is -4.56. The highest BCUT2D eigenvalue weighted by Gasteiger charge is 2.31. The van der Waals surface area contributed by atoms with Gasteiger partial charge >= 0.3 is 6.18 Å². The summed E-state index contributed by atoms with van der Waals surface area (Å²) < 4.78 is 49.8. The third-order valence-corrected chi connectivity index (χ3v) is 5.64. The van der Waals surface area contributed by atoms with E-state index in [-0.39, 0.29) is 17.3 Å². The first-order chi connectivity index (χ1) is 16.1. The van der Waals surface area contributed by atoms with Crippen molar-refractivity contribution in [2.75, 3.05) is 12.4 Å². The average molecular weight is 531 g/mol. The van der Waals surface area contributed by atoms with Crippen LogP contribution in [0.1, 0.15) is 16.7 Å². The molecule has 0 fully saturated rings. The minimum absolute atomic E-state index is 0.0171. The van der Waals surface area contributed by atoms with Crippen LogP contribution in [-0.2, 0) is 17.6 Å². The molecule has 3 aromatic carbocycles. The van der Waals surface area contributed by atoms with Crippen molar-refractivity contribution in [3.05, 3.63) is 92.4 Å². The van der Waals surface area contributed by atoms with E-state index in [0.717, 1.165) is 24.3 Å². The second kappa shape index (κ2) is 11.0. The Labute approximate surface area is 208 Å². The highest BCUT2D eigenvalue weighted by atomic mass is 35.5. The highest BCUT2D eigenvalue weighted by Crippen LogP contribution is 2.34. The fraction of sp³-hybridized carbons (Fsp3) is 0.125. The van der Waals surface area contributed by atoms with Gasteiger partial charge in [-0.15, -0.1) is 0 Å². The van der Waals surface area contributed by atoms with E-state index in [2.05, 4.69) is 5.32 Å². The average Bonchev–Trinajstić information content (AvgIpc) is 2.78. The summed E-state index contributed by atoms with van der Waals surface area (Å²) in [4.78, 5) is 12.2. The highest BCUT2D eigenvalue weighted by molar-refractivity contribution is 6.36. The summed E-state index contributed by atoms with van der Waals surface area (Å²) in [6.07, 6.45) is -1.93. The molecule has 0 aliphatic rings. The number of hydrogen-bond donors (Lipinski definition) is 1. The molecule has 4 nitrogen and oxygen atoms in total. The molecule has 0 aliphatic heterocycles. The van der Waals surface area contributed by atoms with Gasteiger partial charge in [0.15, 0.2) is 11.5 Å². The number of carbonyl (C=O) groups is 1. The maximum Gasteiger partial charge on any atom is 0.416 e. The lowest BCUT2D eigenvalue weighted by Crippen LogP contribution is -2.11. The molecule has 178 valence electrons. The number of rotatable bonds is 7. The summed E-state index contributed by atoms with van der Waals surface area (Å²) in [5.74, 6) is 0.163. The van der Waals surface area contributed by atoms with Crippen molar-refractivity contribution in [1.29, 1.82) is 0 Å². The van der Waals surface area contributed by atoms with Crippen molar-refractivity contribution < 1.29 is 27.4 Å². The van der Waals surface area contributed by atoms with Gasteiger partial charge in [0.2, 0.25) is 5.91 Å². The molecule has 0 radical (unpaired) electrons. The Kier molecular flexibility index (Phi) is 8.36. The molecule has 0 aliphatic carbocycles. The number of nitrogens with one attached hydrogen (secondary N) is 1. The molecule has 3 aromatic rings. The van der Waals surface area contributed by atoms with Gasteiger partial charge in [-0.1, -0.05) is 46.9 Å². The smallest absolute Gasteiger partial charge is 0.416 e. The maximum atomic E-state index is 12.9. The summed E-state index contributed by atoms with van der Waals surface area (Å²) in [5.41, 5.74) is 0.146. The molecule has 1 amide bonds. The first kappa shape index (κ1) is 25.7. The first-order valence-electron chi connectivity index (χ1n) is 9.68. The van der Waals surface area contributed by atoms with Gasteiger partial charge in [0.1, 0.15) is 6.61 Å². The van der Waals surface area contributed by atoms with Crippen LogP contribution in [-0.4, -0.2) is 13.0 Å². The Morgan fingerprint density at radius 1 is 0.971 bits per heavy atom. The number of halogens is 6. The van der Waals surface area contributed by atoms with Crippen LogP contribution < -0.4 is 14.8 Å². The van der Waals surface area contributed by atoms with E-state index < -0.39 is 17.6 Å². The molecule has 3 rings (SSSR count). The van der Waals surface area contributed by atoms with Crippen molar-refractivity contribution in [1.82, 2.24) is 0 Å². The summed E-state index contributed by atoms with van der Waals surface area (Å²) in [5, 5.41) is 3.27.